The van der Waals surface area contributed by atoms with Gasteiger partial charge in [0.05, 0.1) is 29.8 Å². The number of hydrogen-bond acceptors (Lipinski definition) is 11. The smallest absolute Gasteiger partial charge is 0.229 e. The van der Waals surface area contributed by atoms with Crippen molar-refractivity contribution in [3.8, 4) is 11.5 Å². The first-order valence-corrected chi connectivity index (χ1v) is 16.4. The van der Waals surface area contributed by atoms with Crippen LogP contribution < -0.4 is 4.74 Å². The summed E-state index contributed by atoms with van der Waals surface area (Å²) in [7, 11) is 0. The highest BCUT2D eigenvalue weighted by Crippen LogP contribution is 2.72. The number of phenolic OH excluding ortho intramolecular Hbond substituents is 1. The molecule has 11 heteroatoms. The Bertz CT molecular complexity index is 1370. The fraction of sp³-hybridized carbons (Fsp3) is 0.743. The number of Topliss-reactive ketones (excluding diaryl/α,β-unsaturated/α-hetero) is 1. The molecule has 0 amide bonds. The monoisotopic (exact) mass is 648 g/mol. The van der Waals surface area contributed by atoms with Crippen LogP contribution in [-0.4, -0.2) is 102 Å². The molecule has 0 bridgehead atoms. The minimum atomic E-state index is -1.69. The fourth-order valence-corrected chi connectivity index (χ4v) is 9.90. The first-order valence-electron chi connectivity index (χ1n) is 16.4. The first-order chi connectivity index (χ1) is 21.3. The van der Waals surface area contributed by atoms with Crippen LogP contribution in [0.1, 0.15) is 83.4 Å². The second-order valence-electron chi connectivity index (χ2n) is 15.4. The van der Waals surface area contributed by atoms with Gasteiger partial charge in [-0.3, -0.25) is 4.79 Å². The topological polar surface area (TPSA) is 197 Å². The summed E-state index contributed by atoms with van der Waals surface area (Å²) in [5.74, 6) is -1.43. The van der Waals surface area contributed by atoms with Crippen LogP contribution in [-0.2, 0) is 21.4 Å². The van der Waals surface area contributed by atoms with Crippen molar-refractivity contribution in [1.29, 1.82) is 0 Å². The Morgan fingerprint density at radius 1 is 1.15 bits per heavy atom. The van der Waals surface area contributed by atoms with E-state index >= 15 is 0 Å². The van der Waals surface area contributed by atoms with Gasteiger partial charge < -0.3 is 50.3 Å². The summed E-state index contributed by atoms with van der Waals surface area (Å²) in [5.41, 5.74) is -1.38. The molecule has 1 aromatic carbocycles. The lowest BCUT2D eigenvalue weighted by Crippen LogP contribution is -2.64. The van der Waals surface area contributed by atoms with Crippen LogP contribution in [0.3, 0.4) is 0 Å². The number of allylic oxidation sites excluding steroid dienone is 1. The van der Waals surface area contributed by atoms with E-state index in [1.165, 1.54) is 0 Å². The zero-order chi connectivity index (χ0) is 34.3. The van der Waals surface area contributed by atoms with Gasteiger partial charge in [0.2, 0.25) is 6.29 Å². The average molecular weight is 649 g/mol. The molecule has 5 rings (SSSR count). The third-order valence-corrected chi connectivity index (χ3v) is 12.7. The fourth-order valence-electron chi connectivity index (χ4n) is 9.90. The van der Waals surface area contributed by atoms with Crippen LogP contribution >= 0.6 is 0 Å². The number of carbonyl (C=O) groups is 1. The Labute approximate surface area is 270 Å². The molecule has 1 aromatic rings. The number of aliphatic hydroxyl groups is 7. The van der Waals surface area contributed by atoms with Gasteiger partial charge in [-0.1, -0.05) is 19.4 Å². The van der Waals surface area contributed by atoms with Crippen LogP contribution in [0.15, 0.2) is 18.2 Å². The zero-order valence-electron chi connectivity index (χ0n) is 27.7. The third-order valence-electron chi connectivity index (χ3n) is 12.7. The number of aliphatic hydroxyl groups excluding tert-OH is 6. The summed E-state index contributed by atoms with van der Waals surface area (Å²) in [6.45, 7) is 14.3. The maximum atomic E-state index is 14.6. The van der Waals surface area contributed by atoms with Crippen LogP contribution in [0, 0.1) is 29.6 Å². The predicted octanol–water partition coefficient (Wildman–Crippen LogP) is 1.53. The number of ether oxygens (including phenoxy) is 2. The van der Waals surface area contributed by atoms with Crippen LogP contribution in [0.25, 0.3) is 0 Å². The van der Waals surface area contributed by atoms with E-state index in [2.05, 4.69) is 13.5 Å². The second-order valence-corrected chi connectivity index (χ2v) is 15.4. The molecular formula is C35H52O11. The van der Waals surface area contributed by atoms with E-state index in [-0.39, 0.29) is 36.0 Å². The van der Waals surface area contributed by atoms with E-state index in [0.717, 1.165) is 11.1 Å². The van der Waals surface area contributed by atoms with Crippen molar-refractivity contribution in [2.24, 2.45) is 22.7 Å². The van der Waals surface area contributed by atoms with Crippen LogP contribution in [0.4, 0.5) is 0 Å². The number of carbonyl (C=O) groups excluding carboxylic acids is 1. The number of ketones is 1. The standard InChI is InChI=1S/C35H52O11/c1-16(2)8-11-24(38)35(7,44)30-20(37)13-32(4)23-10-9-18-17(3)26(40)21(12-19(18)34(23,6)25(39)14-33(30,32)5)45-31-29(43)28(42)27(41)22(15-36)46-31/h12,20,22-24,27-31,36-38,40-44H,1,8-11,13-15H2,2-7H3/t20-,22?,23+,24?,27?,28?,29?,30+,31?,32+,33-,34+,35+/m1/s1. The average Bonchev–Trinajstić information content (AvgIpc) is 3.19. The molecule has 258 valence electrons. The van der Waals surface area contributed by atoms with Crippen molar-refractivity contribution in [2.45, 2.75) is 134 Å². The van der Waals surface area contributed by atoms with Gasteiger partial charge in [-0.05, 0) is 99.3 Å². The second kappa shape index (κ2) is 11.8. The van der Waals surface area contributed by atoms with Gasteiger partial charge in [-0.25, -0.2) is 0 Å². The summed E-state index contributed by atoms with van der Waals surface area (Å²) in [5, 5.41) is 86.6. The van der Waals surface area contributed by atoms with E-state index in [1.54, 1.807) is 19.9 Å². The van der Waals surface area contributed by atoms with Gasteiger partial charge in [0.15, 0.2) is 11.5 Å². The molecule has 0 aromatic heterocycles. The first kappa shape index (κ1) is 35.2. The van der Waals surface area contributed by atoms with Crippen molar-refractivity contribution >= 4 is 5.78 Å². The molecular weight excluding hydrogens is 596 g/mol. The van der Waals surface area contributed by atoms with E-state index in [0.29, 0.717) is 36.8 Å². The van der Waals surface area contributed by atoms with Crippen molar-refractivity contribution < 1.29 is 55.1 Å². The molecule has 4 aliphatic rings. The van der Waals surface area contributed by atoms with Gasteiger partial charge in [0, 0.05) is 12.3 Å². The minimum absolute atomic E-state index is 0.0455. The Morgan fingerprint density at radius 2 is 1.80 bits per heavy atom. The molecule has 6 unspecified atom stereocenters. The largest absolute Gasteiger partial charge is 0.504 e. The molecule has 11 nitrogen and oxygen atoms in total. The van der Waals surface area contributed by atoms with Gasteiger partial charge in [-0.15, -0.1) is 6.58 Å². The predicted molar refractivity (Wildman–Crippen MR) is 167 cm³/mol. The molecule has 2 saturated carbocycles. The van der Waals surface area contributed by atoms with Gasteiger partial charge in [0.1, 0.15) is 30.2 Å². The summed E-state index contributed by atoms with van der Waals surface area (Å²) in [6.07, 6.45) is -7.48. The lowest BCUT2D eigenvalue weighted by molar-refractivity contribution is -0.277. The summed E-state index contributed by atoms with van der Waals surface area (Å²) < 4.78 is 11.4. The molecule has 1 aliphatic heterocycles. The highest BCUT2D eigenvalue weighted by Gasteiger charge is 2.73. The van der Waals surface area contributed by atoms with E-state index in [1.807, 2.05) is 20.8 Å². The number of fused-ring (bicyclic) bond motifs is 5. The molecule has 8 N–H and O–H groups in total. The molecule has 0 spiro atoms. The van der Waals surface area contributed by atoms with Gasteiger partial charge in [0.25, 0.3) is 0 Å². The van der Waals surface area contributed by atoms with Crippen LogP contribution in [0.2, 0.25) is 0 Å². The van der Waals surface area contributed by atoms with E-state index < -0.39 is 77.3 Å². The molecule has 0 radical (unpaired) electrons. The van der Waals surface area contributed by atoms with Crippen molar-refractivity contribution in [1.82, 2.24) is 0 Å². The summed E-state index contributed by atoms with van der Waals surface area (Å²) in [6, 6.07) is 1.58. The highest BCUT2D eigenvalue weighted by atomic mass is 16.7. The van der Waals surface area contributed by atoms with Crippen molar-refractivity contribution in [2.75, 3.05) is 6.61 Å². The lowest BCUT2D eigenvalue weighted by atomic mass is 9.41. The number of benzene rings is 1. The third kappa shape index (κ3) is 4.96. The van der Waals surface area contributed by atoms with E-state index in [9.17, 15) is 45.6 Å². The molecule has 3 fully saturated rings. The maximum absolute atomic E-state index is 14.6. The van der Waals surface area contributed by atoms with Gasteiger partial charge >= 0.3 is 0 Å². The minimum Gasteiger partial charge on any atom is -0.504 e. The quantitative estimate of drug-likeness (QED) is 0.190. The molecule has 1 saturated heterocycles. The van der Waals surface area contributed by atoms with Crippen LogP contribution in [0.5, 0.6) is 11.5 Å². The zero-order valence-corrected chi connectivity index (χ0v) is 27.7. The number of rotatable bonds is 8. The number of aromatic hydroxyl groups is 1. The number of hydrogen-bond donors (Lipinski definition) is 8. The lowest BCUT2D eigenvalue weighted by Gasteiger charge is -2.62. The van der Waals surface area contributed by atoms with Crippen molar-refractivity contribution in [3.05, 3.63) is 34.9 Å². The summed E-state index contributed by atoms with van der Waals surface area (Å²) >= 11 is 0. The SMILES string of the molecule is C=C(C)CCC(O)[C@](C)(O)[C@H]1[C@H](O)C[C@@]2(C)[C@@H]3CCc4c(cc(OC5OC(CO)C(O)C(O)C5O)c(O)c4C)[C@]3(C)C(=O)C[C@]12C. The Morgan fingerprint density at radius 3 is 2.41 bits per heavy atom. The normalized spacial score (nSPS) is 42.4. The Kier molecular flexibility index (Phi) is 9.04. The summed E-state index contributed by atoms with van der Waals surface area (Å²) in [4.78, 5) is 14.6. The molecule has 46 heavy (non-hydrogen) atoms. The van der Waals surface area contributed by atoms with Crippen molar-refractivity contribution in [3.63, 3.8) is 0 Å². The highest BCUT2D eigenvalue weighted by molar-refractivity contribution is 5.93. The van der Waals surface area contributed by atoms with E-state index in [4.69, 9.17) is 9.47 Å². The molecule has 1 heterocycles. The van der Waals surface area contributed by atoms with Gasteiger partial charge in [-0.2, -0.15) is 0 Å². The molecule has 3 aliphatic carbocycles. The Hall–Kier alpha value is -2.09. The number of phenols is 1. The molecule has 13 atom stereocenters. The maximum Gasteiger partial charge on any atom is 0.229 e. The Balaban J connectivity index is 1.54.